The van der Waals surface area contributed by atoms with E-state index in [1.165, 1.54) is 6.08 Å². The Labute approximate surface area is 90.8 Å². The van der Waals surface area contributed by atoms with Crippen LogP contribution in [-0.4, -0.2) is 8.42 Å². The maximum absolute atomic E-state index is 12.1. The maximum Gasteiger partial charge on any atom is 0.325 e. The molecule has 2 nitrogen and oxygen atoms in total. The van der Waals surface area contributed by atoms with Gasteiger partial charge in [0, 0.05) is 4.47 Å². The van der Waals surface area contributed by atoms with Gasteiger partial charge in [-0.1, -0.05) is 28.1 Å². The molecular weight excluding hydrogens is 271 g/mol. The van der Waals surface area contributed by atoms with Gasteiger partial charge in [-0.15, -0.1) is 3.89 Å². The fraction of sp³-hybridized carbons (Fsp3) is 0.111. The summed E-state index contributed by atoms with van der Waals surface area (Å²) in [7, 11) is -4.54. The van der Waals surface area contributed by atoms with Crippen LogP contribution in [0.1, 0.15) is 11.1 Å². The Kier molecular flexibility index (Phi) is 3.44. The predicted octanol–water partition coefficient (Wildman–Crippen LogP) is 3.03. The highest BCUT2D eigenvalue weighted by atomic mass is 79.9. The summed E-state index contributed by atoms with van der Waals surface area (Å²) in [6.07, 6.45) is 1.22. The Morgan fingerprint density at radius 3 is 2.57 bits per heavy atom. The average Bonchev–Trinajstić information content (AvgIpc) is 2.06. The lowest BCUT2D eigenvalue weighted by Crippen LogP contribution is -1.82. The van der Waals surface area contributed by atoms with Crippen LogP contribution in [0.2, 0.25) is 0 Å². The molecule has 0 unspecified atom stereocenters. The summed E-state index contributed by atoms with van der Waals surface area (Å²) in [6, 6.07) is 5.23. The van der Waals surface area contributed by atoms with Crippen molar-refractivity contribution in [3.8, 4) is 0 Å². The normalized spacial score (nSPS) is 12.2. The molecule has 1 aromatic rings. The van der Waals surface area contributed by atoms with E-state index < -0.39 is 10.2 Å². The van der Waals surface area contributed by atoms with E-state index in [1.807, 2.05) is 6.92 Å². The third-order valence-corrected chi connectivity index (χ3v) is 2.96. The molecule has 0 saturated carbocycles. The topological polar surface area (TPSA) is 34.1 Å². The van der Waals surface area contributed by atoms with Gasteiger partial charge < -0.3 is 0 Å². The maximum atomic E-state index is 12.1. The molecule has 0 aliphatic carbocycles. The second-order valence-corrected chi connectivity index (χ2v) is 4.86. The smallest absolute Gasteiger partial charge is 0.190 e. The minimum Gasteiger partial charge on any atom is -0.190 e. The molecule has 0 saturated heterocycles. The van der Waals surface area contributed by atoms with E-state index in [4.69, 9.17) is 0 Å². The van der Waals surface area contributed by atoms with Crippen LogP contribution < -0.4 is 0 Å². The van der Waals surface area contributed by atoms with Crippen molar-refractivity contribution < 1.29 is 12.3 Å². The average molecular weight is 279 g/mol. The molecule has 0 aliphatic rings. The Hall–Kier alpha value is -0.680. The summed E-state index contributed by atoms with van der Waals surface area (Å²) in [5.74, 6) is 0. The summed E-state index contributed by atoms with van der Waals surface area (Å²) < 4.78 is 33.4. The van der Waals surface area contributed by atoms with E-state index in [-0.39, 0.29) is 0 Å². The lowest BCUT2D eigenvalue weighted by atomic mass is 10.1. The molecule has 0 heterocycles. The molecule has 14 heavy (non-hydrogen) atoms. The molecule has 0 atom stereocenters. The van der Waals surface area contributed by atoms with Gasteiger partial charge in [0.2, 0.25) is 0 Å². The van der Waals surface area contributed by atoms with Gasteiger partial charge in [0.1, 0.15) is 0 Å². The van der Waals surface area contributed by atoms with Crippen LogP contribution in [0.3, 0.4) is 0 Å². The Balaban J connectivity index is 3.00. The SMILES string of the molecule is Cc1cc(C=CS(=O)(=O)F)ccc1Br. The minimum absolute atomic E-state index is 0.537. The molecule has 0 bridgehead atoms. The predicted molar refractivity (Wildman–Crippen MR) is 57.9 cm³/mol. The number of hydrogen-bond donors (Lipinski definition) is 0. The van der Waals surface area contributed by atoms with E-state index in [2.05, 4.69) is 15.9 Å². The Morgan fingerprint density at radius 2 is 2.07 bits per heavy atom. The lowest BCUT2D eigenvalue weighted by Gasteiger charge is -1.98. The van der Waals surface area contributed by atoms with Gasteiger partial charge in [-0.05, 0) is 30.2 Å². The second kappa shape index (κ2) is 4.23. The molecular formula is C9H8BrFO2S. The molecule has 0 fully saturated rings. The fourth-order valence-electron chi connectivity index (χ4n) is 0.931. The van der Waals surface area contributed by atoms with Crippen molar-refractivity contribution in [3.05, 3.63) is 39.2 Å². The van der Waals surface area contributed by atoms with Gasteiger partial charge in [-0.3, -0.25) is 0 Å². The summed E-state index contributed by atoms with van der Waals surface area (Å²) in [5.41, 5.74) is 1.61. The number of benzene rings is 1. The highest BCUT2D eigenvalue weighted by molar-refractivity contribution is 9.10. The first-order valence-electron chi connectivity index (χ1n) is 3.77. The van der Waals surface area contributed by atoms with Gasteiger partial charge in [0.05, 0.1) is 5.41 Å². The van der Waals surface area contributed by atoms with E-state index in [0.717, 1.165) is 10.0 Å². The largest absolute Gasteiger partial charge is 0.325 e. The van der Waals surface area contributed by atoms with Crippen molar-refractivity contribution in [1.29, 1.82) is 0 Å². The van der Waals surface area contributed by atoms with Crippen LogP contribution in [0.5, 0.6) is 0 Å². The minimum atomic E-state index is -4.54. The Morgan fingerprint density at radius 1 is 1.43 bits per heavy atom. The summed E-state index contributed by atoms with van der Waals surface area (Å²) in [4.78, 5) is 0. The highest BCUT2D eigenvalue weighted by Gasteiger charge is 1.99. The first-order valence-corrected chi connectivity index (χ1v) is 6.01. The van der Waals surface area contributed by atoms with Crippen LogP contribution in [0.25, 0.3) is 6.08 Å². The molecule has 0 N–H and O–H groups in total. The van der Waals surface area contributed by atoms with Crippen LogP contribution in [0.4, 0.5) is 3.89 Å². The van der Waals surface area contributed by atoms with Crippen molar-refractivity contribution in [2.75, 3.05) is 0 Å². The van der Waals surface area contributed by atoms with Crippen molar-refractivity contribution >= 4 is 32.2 Å². The molecule has 1 aromatic carbocycles. The number of aryl methyl sites for hydroxylation is 1. The third kappa shape index (κ3) is 3.59. The van der Waals surface area contributed by atoms with Crippen molar-refractivity contribution in [1.82, 2.24) is 0 Å². The van der Waals surface area contributed by atoms with Crippen LogP contribution in [0.15, 0.2) is 28.1 Å². The van der Waals surface area contributed by atoms with Gasteiger partial charge in [-0.2, -0.15) is 8.42 Å². The van der Waals surface area contributed by atoms with Crippen LogP contribution >= 0.6 is 15.9 Å². The van der Waals surface area contributed by atoms with Gasteiger partial charge in [0.15, 0.2) is 0 Å². The number of halogens is 2. The molecule has 0 radical (unpaired) electrons. The van der Waals surface area contributed by atoms with E-state index in [1.54, 1.807) is 18.2 Å². The van der Waals surface area contributed by atoms with E-state index >= 15 is 0 Å². The summed E-state index contributed by atoms with van der Waals surface area (Å²) in [6.45, 7) is 1.87. The van der Waals surface area contributed by atoms with Crippen molar-refractivity contribution in [2.45, 2.75) is 6.92 Å². The van der Waals surface area contributed by atoms with Gasteiger partial charge in [-0.25, -0.2) is 0 Å². The third-order valence-electron chi connectivity index (χ3n) is 1.61. The van der Waals surface area contributed by atoms with Gasteiger partial charge >= 0.3 is 10.2 Å². The quantitative estimate of drug-likeness (QED) is 0.780. The molecule has 0 amide bonds. The molecule has 1 rings (SSSR count). The fourth-order valence-corrected chi connectivity index (χ4v) is 1.50. The van der Waals surface area contributed by atoms with Crippen molar-refractivity contribution in [2.24, 2.45) is 0 Å². The van der Waals surface area contributed by atoms with Crippen LogP contribution in [-0.2, 0) is 10.2 Å². The first kappa shape index (κ1) is 11.4. The first-order chi connectivity index (χ1) is 6.38. The molecule has 5 heteroatoms. The summed E-state index contributed by atoms with van der Waals surface area (Å²) in [5, 5.41) is 0.537. The second-order valence-electron chi connectivity index (χ2n) is 2.79. The monoisotopic (exact) mass is 278 g/mol. The summed E-state index contributed by atoms with van der Waals surface area (Å²) >= 11 is 3.30. The highest BCUT2D eigenvalue weighted by Crippen LogP contribution is 2.18. The zero-order valence-electron chi connectivity index (χ0n) is 7.37. The molecule has 76 valence electrons. The van der Waals surface area contributed by atoms with Gasteiger partial charge in [0.25, 0.3) is 0 Å². The Bertz CT molecular complexity index is 466. The number of rotatable bonds is 2. The van der Waals surface area contributed by atoms with E-state index in [0.29, 0.717) is 11.0 Å². The standard InChI is InChI=1S/C9H8BrFO2S/c1-7-6-8(2-3-9(7)10)4-5-14(11,12)13/h2-6H,1H3. The molecule has 0 aliphatic heterocycles. The lowest BCUT2D eigenvalue weighted by molar-refractivity contribution is 0.563. The molecule has 0 spiro atoms. The van der Waals surface area contributed by atoms with E-state index in [9.17, 15) is 12.3 Å². The number of hydrogen-bond acceptors (Lipinski definition) is 2. The van der Waals surface area contributed by atoms with Crippen LogP contribution in [0, 0.1) is 6.92 Å². The zero-order valence-corrected chi connectivity index (χ0v) is 9.77. The zero-order chi connectivity index (χ0) is 10.8. The van der Waals surface area contributed by atoms with Crippen molar-refractivity contribution in [3.63, 3.8) is 0 Å². The molecule has 0 aromatic heterocycles.